The van der Waals surface area contributed by atoms with Crippen molar-refractivity contribution in [3.05, 3.63) is 29.6 Å². The molecule has 5 heteroatoms. The number of aromatic nitrogens is 1. The largest absolute Gasteiger partial charge is 0.507 e. The number of hydrogen-bond donors (Lipinski definition) is 1. The molecule has 0 aliphatic carbocycles. The summed E-state index contributed by atoms with van der Waals surface area (Å²) in [6.45, 7) is 3.00. The summed E-state index contributed by atoms with van der Waals surface area (Å²) in [4.78, 5) is 17.8. The van der Waals surface area contributed by atoms with Crippen molar-refractivity contribution < 1.29 is 9.90 Å². The van der Waals surface area contributed by atoms with Gasteiger partial charge in [-0.2, -0.15) is 0 Å². The molecular weight excluding hydrogens is 284 g/mol. The molecule has 1 aliphatic heterocycles. The maximum absolute atomic E-state index is 10.9. The molecule has 2 atom stereocenters. The topological polar surface area (TPSA) is 53.4 Å². The van der Waals surface area contributed by atoms with E-state index >= 15 is 0 Å². The van der Waals surface area contributed by atoms with Crippen LogP contribution < -0.4 is 4.90 Å². The summed E-state index contributed by atoms with van der Waals surface area (Å²) in [6.07, 6.45) is 2.84. The zero-order valence-electron chi connectivity index (χ0n) is 11.9. The maximum atomic E-state index is 10.9. The number of phenols is 1. The van der Waals surface area contributed by atoms with Gasteiger partial charge in [-0.1, -0.05) is 12.1 Å². The number of aldehydes is 1. The van der Waals surface area contributed by atoms with Gasteiger partial charge in [-0.25, -0.2) is 4.98 Å². The van der Waals surface area contributed by atoms with Crippen molar-refractivity contribution >= 4 is 22.8 Å². The van der Waals surface area contributed by atoms with Gasteiger partial charge < -0.3 is 14.8 Å². The summed E-state index contributed by atoms with van der Waals surface area (Å²) >= 11 is 1.59. The van der Waals surface area contributed by atoms with Gasteiger partial charge in [0.2, 0.25) is 0 Å². The van der Waals surface area contributed by atoms with Crippen molar-refractivity contribution in [1.29, 1.82) is 0 Å². The van der Waals surface area contributed by atoms with E-state index in [4.69, 9.17) is 0 Å². The normalized spacial score (nSPS) is 22.2. The molecular formula is C16H18N2O2S. The second kappa shape index (κ2) is 5.85. The molecule has 2 aromatic rings. The van der Waals surface area contributed by atoms with Crippen LogP contribution in [-0.2, 0) is 4.79 Å². The lowest BCUT2D eigenvalue weighted by Gasteiger charge is -2.35. The van der Waals surface area contributed by atoms with Crippen LogP contribution >= 0.6 is 11.3 Å². The van der Waals surface area contributed by atoms with Crippen molar-refractivity contribution in [2.24, 2.45) is 5.92 Å². The van der Waals surface area contributed by atoms with Gasteiger partial charge in [0.15, 0.2) is 5.13 Å². The van der Waals surface area contributed by atoms with Gasteiger partial charge in [-0.3, -0.25) is 0 Å². The van der Waals surface area contributed by atoms with Crippen molar-refractivity contribution in [2.75, 3.05) is 11.4 Å². The summed E-state index contributed by atoms with van der Waals surface area (Å²) in [5.41, 5.74) is 1.56. The van der Waals surface area contributed by atoms with E-state index in [1.54, 1.807) is 23.5 Å². The highest BCUT2D eigenvalue weighted by Gasteiger charge is 2.27. The van der Waals surface area contributed by atoms with Gasteiger partial charge in [-0.05, 0) is 31.9 Å². The Balaban J connectivity index is 1.82. The van der Waals surface area contributed by atoms with Crippen LogP contribution in [0.5, 0.6) is 5.75 Å². The fourth-order valence-corrected chi connectivity index (χ4v) is 3.78. The Bertz CT molecular complexity index is 641. The summed E-state index contributed by atoms with van der Waals surface area (Å²) in [5, 5.41) is 12.9. The minimum Gasteiger partial charge on any atom is -0.507 e. The number of para-hydroxylation sites is 1. The van der Waals surface area contributed by atoms with Gasteiger partial charge >= 0.3 is 0 Å². The molecule has 2 heterocycles. The van der Waals surface area contributed by atoms with Gasteiger partial charge in [0.25, 0.3) is 0 Å². The highest BCUT2D eigenvalue weighted by Crippen LogP contribution is 2.35. The number of benzene rings is 1. The number of carbonyl (C=O) groups excluding carboxylic acids is 1. The fourth-order valence-electron chi connectivity index (χ4n) is 2.83. The number of phenolic OH excluding ortho intramolecular Hbond substituents is 1. The van der Waals surface area contributed by atoms with Crippen LogP contribution in [0.1, 0.15) is 19.8 Å². The third kappa shape index (κ3) is 2.78. The molecule has 1 fully saturated rings. The van der Waals surface area contributed by atoms with E-state index < -0.39 is 0 Å². The molecule has 2 unspecified atom stereocenters. The number of thiazole rings is 1. The Morgan fingerprint density at radius 1 is 1.43 bits per heavy atom. The zero-order chi connectivity index (χ0) is 14.8. The molecule has 1 aromatic heterocycles. The summed E-state index contributed by atoms with van der Waals surface area (Å²) < 4.78 is 0. The molecule has 0 amide bonds. The number of nitrogens with zero attached hydrogens (tertiary/aromatic N) is 2. The molecule has 4 nitrogen and oxygen atoms in total. The average Bonchev–Trinajstić information content (AvgIpc) is 2.97. The van der Waals surface area contributed by atoms with E-state index in [1.807, 2.05) is 17.5 Å². The zero-order valence-corrected chi connectivity index (χ0v) is 12.7. The smallest absolute Gasteiger partial charge is 0.186 e. The first-order chi connectivity index (χ1) is 10.2. The van der Waals surface area contributed by atoms with Crippen LogP contribution in [-0.4, -0.2) is 29.0 Å². The summed E-state index contributed by atoms with van der Waals surface area (Å²) in [5.74, 6) is 0.427. The predicted octanol–water partition coefficient (Wildman–Crippen LogP) is 3.32. The number of rotatable bonds is 3. The molecule has 21 heavy (non-hydrogen) atoms. The van der Waals surface area contributed by atoms with E-state index in [9.17, 15) is 9.90 Å². The van der Waals surface area contributed by atoms with E-state index in [0.717, 1.165) is 42.1 Å². The lowest BCUT2D eigenvalue weighted by molar-refractivity contribution is -0.111. The van der Waals surface area contributed by atoms with E-state index in [1.165, 1.54) is 0 Å². The first-order valence-corrected chi connectivity index (χ1v) is 8.03. The molecule has 3 rings (SSSR count). The second-order valence-electron chi connectivity index (χ2n) is 5.50. The molecule has 1 N–H and O–H groups in total. The quantitative estimate of drug-likeness (QED) is 0.884. The average molecular weight is 302 g/mol. The molecule has 1 aliphatic rings. The van der Waals surface area contributed by atoms with Gasteiger partial charge in [0.1, 0.15) is 12.0 Å². The molecule has 1 saturated heterocycles. The predicted molar refractivity (Wildman–Crippen MR) is 84.8 cm³/mol. The van der Waals surface area contributed by atoms with Crippen molar-refractivity contribution in [1.82, 2.24) is 4.98 Å². The van der Waals surface area contributed by atoms with Crippen LogP contribution in [0.15, 0.2) is 29.6 Å². The Labute approximate surface area is 128 Å². The SMILES string of the molecule is CC1CC(C=O)CCN1c1nc(-c2ccccc2O)cs1. The number of hydrogen-bond acceptors (Lipinski definition) is 5. The first kappa shape index (κ1) is 14.1. The van der Waals surface area contributed by atoms with Gasteiger partial charge in [-0.15, -0.1) is 11.3 Å². The van der Waals surface area contributed by atoms with E-state index in [0.29, 0.717) is 6.04 Å². The highest BCUT2D eigenvalue weighted by molar-refractivity contribution is 7.14. The van der Waals surface area contributed by atoms with Crippen LogP contribution in [0.2, 0.25) is 0 Å². The van der Waals surface area contributed by atoms with E-state index in [-0.39, 0.29) is 11.7 Å². The third-order valence-electron chi connectivity index (χ3n) is 4.03. The van der Waals surface area contributed by atoms with Crippen LogP contribution in [0.4, 0.5) is 5.13 Å². The summed E-state index contributed by atoms with van der Waals surface area (Å²) in [6, 6.07) is 7.56. The van der Waals surface area contributed by atoms with Crippen molar-refractivity contribution in [3.8, 4) is 17.0 Å². The molecule has 0 bridgehead atoms. The first-order valence-electron chi connectivity index (χ1n) is 7.15. The van der Waals surface area contributed by atoms with Crippen LogP contribution in [0.3, 0.4) is 0 Å². The van der Waals surface area contributed by atoms with Crippen molar-refractivity contribution in [3.63, 3.8) is 0 Å². The highest BCUT2D eigenvalue weighted by atomic mass is 32.1. The molecule has 110 valence electrons. The molecule has 0 spiro atoms. The minimum absolute atomic E-state index is 0.175. The molecule has 0 saturated carbocycles. The van der Waals surface area contributed by atoms with Crippen molar-refractivity contribution in [2.45, 2.75) is 25.8 Å². The number of carbonyl (C=O) groups is 1. The Morgan fingerprint density at radius 2 is 2.24 bits per heavy atom. The van der Waals surface area contributed by atoms with Crippen LogP contribution in [0, 0.1) is 5.92 Å². The monoisotopic (exact) mass is 302 g/mol. The maximum Gasteiger partial charge on any atom is 0.186 e. The Hall–Kier alpha value is -1.88. The standard InChI is InChI=1S/C16H18N2O2S/c1-11-8-12(9-19)6-7-18(11)16-17-14(10-21-16)13-4-2-3-5-15(13)20/h2-5,9-12,20H,6-8H2,1H3. The number of anilines is 1. The van der Waals surface area contributed by atoms with Gasteiger partial charge in [0.05, 0.1) is 5.69 Å². The molecule has 0 radical (unpaired) electrons. The fraction of sp³-hybridized carbons (Fsp3) is 0.375. The second-order valence-corrected chi connectivity index (χ2v) is 6.33. The summed E-state index contributed by atoms with van der Waals surface area (Å²) in [7, 11) is 0. The lowest BCUT2D eigenvalue weighted by atomic mass is 9.93. The Morgan fingerprint density at radius 3 is 2.95 bits per heavy atom. The van der Waals surface area contributed by atoms with Gasteiger partial charge in [0, 0.05) is 29.4 Å². The number of aromatic hydroxyl groups is 1. The third-order valence-corrected chi connectivity index (χ3v) is 4.90. The Kier molecular flexibility index (Phi) is 3.92. The minimum atomic E-state index is 0.175. The number of piperidine rings is 1. The molecule has 1 aromatic carbocycles. The lowest BCUT2D eigenvalue weighted by Crippen LogP contribution is -2.41. The van der Waals surface area contributed by atoms with Crippen LogP contribution in [0.25, 0.3) is 11.3 Å². The van der Waals surface area contributed by atoms with E-state index in [2.05, 4.69) is 16.8 Å².